The molecule has 0 saturated carbocycles. The summed E-state index contributed by atoms with van der Waals surface area (Å²) in [5.41, 5.74) is 5.75. The van der Waals surface area contributed by atoms with E-state index in [2.05, 4.69) is 32.7 Å². The van der Waals surface area contributed by atoms with Crippen LogP contribution in [0.1, 0.15) is 46.5 Å². The van der Waals surface area contributed by atoms with Gasteiger partial charge in [-0.25, -0.2) is 0 Å². The van der Waals surface area contributed by atoms with Gasteiger partial charge in [0, 0.05) is 12.6 Å². The van der Waals surface area contributed by atoms with Gasteiger partial charge < -0.3 is 10.6 Å². The molecule has 0 rings (SSSR count). The van der Waals surface area contributed by atoms with Gasteiger partial charge in [-0.15, -0.1) is 0 Å². The summed E-state index contributed by atoms with van der Waals surface area (Å²) in [4.78, 5) is 2.46. The zero-order valence-electron chi connectivity index (χ0n) is 10.4. The first-order valence-electron chi connectivity index (χ1n) is 6.05. The Kier molecular flexibility index (Phi) is 8.20. The highest BCUT2D eigenvalue weighted by molar-refractivity contribution is 4.68. The minimum Gasteiger partial charge on any atom is -0.330 e. The van der Waals surface area contributed by atoms with E-state index in [1.54, 1.807) is 0 Å². The van der Waals surface area contributed by atoms with Crippen molar-refractivity contribution in [1.82, 2.24) is 4.90 Å². The number of nitrogens with two attached hydrogens (primary N) is 1. The van der Waals surface area contributed by atoms with Crippen molar-refractivity contribution in [3.05, 3.63) is 0 Å². The molecular weight excluding hydrogens is 172 g/mol. The molecule has 0 aliphatic carbocycles. The molecule has 86 valence electrons. The molecule has 2 heteroatoms. The van der Waals surface area contributed by atoms with Gasteiger partial charge in [0.05, 0.1) is 0 Å². The highest BCUT2D eigenvalue weighted by Gasteiger charge is 2.13. The molecule has 2 nitrogen and oxygen atoms in total. The van der Waals surface area contributed by atoms with Crippen LogP contribution >= 0.6 is 0 Å². The van der Waals surface area contributed by atoms with Crippen molar-refractivity contribution in [2.24, 2.45) is 11.7 Å². The lowest BCUT2D eigenvalue weighted by molar-refractivity contribution is 0.204. The van der Waals surface area contributed by atoms with Crippen LogP contribution in [-0.2, 0) is 0 Å². The minimum absolute atomic E-state index is 0.685. The summed E-state index contributed by atoms with van der Waals surface area (Å²) in [5, 5.41) is 0. The highest BCUT2D eigenvalue weighted by atomic mass is 15.1. The molecule has 0 fully saturated rings. The summed E-state index contributed by atoms with van der Waals surface area (Å²) in [6.45, 7) is 8.78. The van der Waals surface area contributed by atoms with Crippen LogP contribution < -0.4 is 5.73 Å². The summed E-state index contributed by atoms with van der Waals surface area (Å²) in [7, 11) is 2.22. The fourth-order valence-corrected chi connectivity index (χ4v) is 1.92. The largest absolute Gasteiger partial charge is 0.330 e. The van der Waals surface area contributed by atoms with Gasteiger partial charge in [-0.1, -0.05) is 26.7 Å². The quantitative estimate of drug-likeness (QED) is 0.652. The van der Waals surface area contributed by atoms with Crippen LogP contribution in [-0.4, -0.2) is 31.1 Å². The average molecular weight is 200 g/mol. The van der Waals surface area contributed by atoms with Crippen molar-refractivity contribution in [3.8, 4) is 0 Å². The zero-order chi connectivity index (χ0) is 11.0. The minimum atomic E-state index is 0.685. The lowest BCUT2D eigenvalue weighted by Gasteiger charge is -2.28. The summed E-state index contributed by atoms with van der Waals surface area (Å²) in [5.74, 6) is 0.685. The van der Waals surface area contributed by atoms with Gasteiger partial charge in [0.15, 0.2) is 0 Å². The maximum absolute atomic E-state index is 5.75. The second-order valence-corrected chi connectivity index (χ2v) is 4.47. The molecule has 0 spiro atoms. The molecule has 0 aromatic rings. The molecule has 14 heavy (non-hydrogen) atoms. The molecule has 2 atom stereocenters. The van der Waals surface area contributed by atoms with Crippen molar-refractivity contribution in [1.29, 1.82) is 0 Å². The van der Waals surface area contributed by atoms with E-state index in [1.807, 2.05) is 0 Å². The summed E-state index contributed by atoms with van der Waals surface area (Å²) in [6.07, 6.45) is 5.07. The van der Waals surface area contributed by atoms with E-state index < -0.39 is 0 Å². The molecular formula is C12H28N2. The molecule has 0 aromatic carbocycles. The Hall–Kier alpha value is -0.0800. The van der Waals surface area contributed by atoms with Gasteiger partial charge in [0.25, 0.3) is 0 Å². The molecule has 0 bridgehead atoms. The second-order valence-electron chi connectivity index (χ2n) is 4.47. The Bertz CT molecular complexity index is 125. The second kappa shape index (κ2) is 8.25. The van der Waals surface area contributed by atoms with E-state index in [0.29, 0.717) is 12.0 Å². The molecule has 0 aliphatic heterocycles. The fraction of sp³-hybridized carbons (Fsp3) is 1.00. The number of hydrogen-bond donors (Lipinski definition) is 1. The van der Waals surface area contributed by atoms with Crippen LogP contribution in [0.15, 0.2) is 0 Å². The first kappa shape index (κ1) is 13.9. The number of rotatable bonds is 8. The van der Waals surface area contributed by atoms with Crippen LogP contribution in [0.2, 0.25) is 0 Å². The number of nitrogens with zero attached hydrogens (tertiary/aromatic N) is 1. The van der Waals surface area contributed by atoms with Crippen molar-refractivity contribution < 1.29 is 0 Å². The van der Waals surface area contributed by atoms with Crippen LogP contribution in [0, 0.1) is 5.92 Å². The molecule has 0 heterocycles. The molecule has 0 amide bonds. The van der Waals surface area contributed by atoms with Crippen LogP contribution in [0.25, 0.3) is 0 Å². The molecule has 0 radical (unpaired) electrons. The smallest absolute Gasteiger partial charge is 0.00639 e. The van der Waals surface area contributed by atoms with Crippen LogP contribution in [0.5, 0.6) is 0 Å². The molecule has 2 unspecified atom stereocenters. The third-order valence-electron chi connectivity index (χ3n) is 3.04. The van der Waals surface area contributed by atoms with Crippen molar-refractivity contribution in [3.63, 3.8) is 0 Å². The number of hydrogen-bond acceptors (Lipinski definition) is 2. The third kappa shape index (κ3) is 5.61. The Balaban J connectivity index is 3.81. The average Bonchev–Trinajstić information content (AvgIpc) is 2.17. The Morgan fingerprint density at radius 2 is 1.71 bits per heavy atom. The van der Waals surface area contributed by atoms with Gasteiger partial charge in [0.2, 0.25) is 0 Å². The van der Waals surface area contributed by atoms with Crippen LogP contribution in [0.4, 0.5) is 0 Å². The fourth-order valence-electron chi connectivity index (χ4n) is 1.92. The molecule has 0 aliphatic rings. The first-order chi connectivity index (χ1) is 6.65. The maximum Gasteiger partial charge on any atom is 0.00639 e. The van der Waals surface area contributed by atoms with E-state index >= 15 is 0 Å². The molecule has 0 saturated heterocycles. The molecule has 0 aromatic heterocycles. The van der Waals surface area contributed by atoms with E-state index in [4.69, 9.17) is 5.73 Å². The van der Waals surface area contributed by atoms with Gasteiger partial charge in [-0.05, 0) is 39.3 Å². The Morgan fingerprint density at radius 3 is 2.14 bits per heavy atom. The normalized spacial score (nSPS) is 15.9. The SMILES string of the molecule is CCCC(CN)CN(C)C(C)CCC. The lowest BCUT2D eigenvalue weighted by Crippen LogP contribution is -2.36. The van der Waals surface area contributed by atoms with Crippen LogP contribution in [0.3, 0.4) is 0 Å². The Morgan fingerprint density at radius 1 is 1.14 bits per heavy atom. The van der Waals surface area contributed by atoms with E-state index in [9.17, 15) is 0 Å². The first-order valence-corrected chi connectivity index (χ1v) is 6.05. The summed E-state index contributed by atoms with van der Waals surface area (Å²) < 4.78 is 0. The molecule has 2 N–H and O–H groups in total. The van der Waals surface area contributed by atoms with Gasteiger partial charge in [-0.3, -0.25) is 0 Å². The van der Waals surface area contributed by atoms with E-state index in [-0.39, 0.29) is 0 Å². The summed E-state index contributed by atoms with van der Waals surface area (Å²) >= 11 is 0. The topological polar surface area (TPSA) is 29.3 Å². The monoisotopic (exact) mass is 200 g/mol. The van der Waals surface area contributed by atoms with Gasteiger partial charge in [0.1, 0.15) is 0 Å². The van der Waals surface area contributed by atoms with Crippen molar-refractivity contribution >= 4 is 0 Å². The van der Waals surface area contributed by atoms with Gasteiger partial charge in [-0.2, -0.15) is 0 Å². The van der Waals surface area contributed by atoms with Gasteiger partial charge >= 0.3 is 0 Å². The standard InChI is InChI=1S/C12H28N2/c1-5-7-11(3)14(4)10-12(9-13)8-6-2/h11-12H,5-10,13H2,1-4H3. The maximum atomic E-state index is 5.75. The predicted molar refractivity (Wildman–Crippen MR) is 64.5 cm³/mol. The van der Waals surface area contributed by atoms with E-state index in [0.717, 1.165) is 13.1 Å². The zero-order valence-corrected chi connectivity index (χ0v) is 10.4. The predicted octanol–water partition coefficient (Wildman–Crippen LogP) is 2.48. The third-order valence-corrected chi connectivity index (χ3v) is 3.04. The van der Waals surface area contributed by atoms with Crippen molar-refractivity contribution in [2.75, 3.05) is 20.1 Å². The Labute approximate surface area is 89.9 Å². The van der Waals surface area contributed by atoms with Crippen molar-refractivity contribution in [2.45, 2.75) is 52.5 Å². The summed E-state index contributed by atoms with van der Waals surface area (Å²) in [6, 6.07) is 0.700. The van der Waals surface area contributed by atoms with E-state index in [1.165, 1.54) is 25.7 Å². The lowest BCUT2D eigenvalue weighted by atomic mass is 10.0. The highest BCUT2D eigenvalue weighted by Crippen LogP contribution is 2.10.